The molecule has 1 atom stereocenters. The van der Waals surface area contributed by atoms with E-state index in [0.29, 0.717) is 17.8 Å². The summed E-state index contributed by atoms with van der Waals surface area (Å²) < 4.78 is 0. The summed E-state index contributed by atoms with van der Waals surface area (Å²) >= 11 is 0. The number of carboxylic acids is 1. The molecule has 98 valence electrons. The zero-order valence-electron chi connectivity index (χ0n) is 10.4. The molecule has 0 bridgehead atoms. The van der Waals surface area contributed by atoms with Crippen molar-refractivity contribution in [3.63, 3.8) is 0 Å². The van der Waals surface area contributed by atoms with Crippen LogP contribution in [0.4, 0.5) is 5.82 Å². The van der Waals surface area contributed by atoms with Gasteiger partial charge in [-0.2, -0.15) is 0 Å². The molecule has 0 saturated heterocycles. The molecule has 0 radical (unpaired) electrons. The van der Waals surface area contributed by atoms with E-state index < -0.39 is 17.3 Å². The molecule has 0 aromatic carbocycles. The van der Waals surface area contributed by atoms with Crippen LogP contribution in [0.3, 0.4) is 0 Å². The number of anilines is 1. The number of nitrogens with two attached hydrogens (primary N) is 1. The monoisotopic (exact) mass is 251 g/mol. The molecule has 0 aliphatic rings. The van der Waals surface area contributed by atoms with Crippen LogP contribution in [0.1, 0.15) is 30.6 Å². The summed E-state index contributed by atoms with van der Waals surface area (Å²) in [6.45, 7) is 3.75. The molecule has 0 aliphatic heterocycles. The van der Waals surface area contributed by atoms with Crippen molar-refractivity contribution < 1.29 is 14.7 Å². The number of rotatable bonds is 6. The molecule has 1 unspecified atom stereocenters. The summed E-state index contributed by atoms with van der Waals surface area (Å²) in [5.41, 5.74) is 4.56. The van der Waals surface area contributed by atoms with E-state index in [2.05, 4.69) is 10.3 Å². The Kier molecular flexibility index (Phi) is 4.25. The molecule has 0 saturated carbocycles. The van der Waals surface area contributed by atoms with Crippen molar-refractivity contribution in [3.05, 3.63) is 23.9 Å². The molecular weight excluding hydrogens is 234 g/mol. The van der Waals surface area contributed by atoms with E-state index in [1.807, 2.05) is 6.92 Å². The van der Waals surface area contributed by atoms with Crippen LogP contribution in [0.15, 0.2) is 18.3 Å². The van der Waals surface area contributed by atoms with Crippen LogP contribution in [0, 0.1) is 5.41 Å². The van der Waals surface area contributed by atoms with Gasteiger partial charge < -0.3 is 16.2 Å². The van der Waals surface area contributed by atoms with Gasteiger partial charge in [0.05, 0.1) is 11.0 Å². The first-order chi connectivity index (χ1) is 8.39. The van der Waals surface area contributed by atoms with Gasteiger partial charge in [-0.3, -0.25) is 9.59 Å². The molecule has 1 aromatic heterocycles. The Labute approximate surface area is 105 Å². The highest BCUT2D eigenvalue weighted by molar-refractivity contribution is 5.92. The Morgan fingerprint density at radius 1 is 1.50 bits per heavy atom. The van der Waals surface area contributed by atoms with Crippen LogP contribution < -0.4 is 11.1 Å². The number of hydrogen-bond donors (Lipinski definition) is 3. The van der Waals surface area contributed by atoms with Crippen molar-refractivity contribution in [2.45, 2.75) is 20.3 Å². The van der Waals surface area contributed by atoms with E-state index in [4.69, 9.17) is 10.8 Å². The van der Waals surface area contributed by atoms with Gasteiger partial charge in [-0.1, -0.05) is 6.92 Å². The first kappa shape index (κ1) is 14.0. The SMILES string of the molecule is CCC(C)(CNc1ccc(C(N)=O)cn1)C(=O)O. The smallest absolute Gasteiger partial charge is 0.311 e. The van der Waals surface area contributed by atoms with Gasteiger partial charge >= 0.3 is 5.97 Å². The van der Waals surface area contributed by atoms with Gasteiger partial charge in [-0.05, 0) is 25.5 Å². The van der Waals surface area contributed by atoms with Gasteiger partial charge in [0, 0.05) is 12.7 Å². The summed E-state index contributed by atoms with van der Waals surface area (Å²) in [5, 5.41) is 12.0. The first-order valence-electron chi connectivity index (χ1n) is 5.62. The van der Waals surface area contributed by atoms with Crippen LogP contribution >= 0.6 is 0 Å². The minimum absolute atomic E-state index is 0.266. The molecule has 4 N–H and O–H groups in total. The van der Waals surface area contributed by atoms with Crippen LogP contribution in [0.2, 0.25) is 0 Å². The summed E-state index contributed by atoms with van der Waals surface area (Å²) in [6.07, 6.45) is 1.86. The number of amides is 1. The molecule has 1 aromatic rings. The standard InChI is InChI=1S/C12H17N3O3/c1-3-12(2,11(17)18)7-15-9-5-4-8(6-14-9)10(13)16/h4-6H,3,7H2,1-2H3,(H2,13,16)(H,14,15)(H,17,18). The number of carbonyl (C=O) groups excluding carboxylic acids is 1. The fourth-order valence-electron chi connectivity index (χ4n) is 1.28. The minimum atomic E-state index is -0.855. The van der Waals surface area contributed by atoms with Gasteiger partial charge in [0.15, 0.2) is 0 Å². The maximum Gasteiger partial charge on any atom is 0.311 e. The topological polar surface area (TPSA) is 105 Å². The molecule has 1 heterocycles. The lowest BCUT2D eigenvalue weighted by Gasteiger charge is -2.23. The Hall–Kier alpha value is -2.11. The van der Waals surface area contributed by atoms with Crippen LogP contribution in [-0.2, 0) is 4.79 Å². The number of aromatic nitrogens is 1. The maximum absolute atomic E-state index is 11.1. The average molecular weight is 251 g/mol. The third-order valence-electron chi connectivity index (χ3n) is 3.00. The third kappa shape index (κ3) is 3.19. The zero-order valence-corrected chi connectivity index (χ0v) is 10.4. The Bertz CT molecular complexity index is 444. The highest BCUT2D eigenvalue weighted by Gasteiger charge is 2.30. The summed E-state index contributed by atoms with van der Waals surface area (Å²) in [6, 6.07) is 3.14. The molecule has 6 heteroatoms. The highest BCUT2D eigenvalue weighted by Crippen LogP contribution is 2.21. The van der Waals surface area contributed by atoms with E-state index in [1.165, 1.54) is 6.20 Å². The van der Waals surface area contributed by atoms with Gasteiger partial charge in [0.25, 0.3) is 0 Å². The number of carbonyl (C=O) groups is 2. The second-order valence-electron chi connectivity index (χ2n) is 4.37. The number of pyridine rings is 1. The number of hydrogen-bond acceptors (Lipinski definition) is 4. The van der Waals surface area contributed by atoms with Crippen LogP contribution in [0.25, 0.3) is 0 Å². The summed E-state index contributed by atoms with van der Waals surface area (Å²) in [4.78, 5) is 25.9. The van der Waals surface area contributed by atoms with E-state index in [-0.39, 0.29) is 6.54 Å². The van der Waals surface area contributed by atoms with Crippen molar-refractivity contribution in [1.29, 1.82) is 0 Å². The predicted octanol–water partition coefficient (Wildman–Crippen LogP) is 1.09. The fourth-order valence-corrected chi connectivity index (χ4v) is 1.28. The van der Waals surface area contributed by atoms with Gasteiger partial charge in [-0.25, -0.2) is 4.98 Å². The van der Waals surface area contributed by atoms with E-state index >= 15 is 0 Å². The second kappa shape index (κ2) is 5.48. The number of nitrogens with zero attached hydrogens (tertiary/aromatic N) is 1. The van der Waals surface area contributed by atoms with Gasteiger partial charge in [0.2, 0.25) is 5.91 Å². The van der Waals surface area contributed by atoms with Crippen molar-refractivity contribution in [1.82, 2.24) is 4.98 Å². The predicted molar refractivity (Wildman–Crippen MR) is 67.3 cm³/mol. The fraction of sp³-hybridized carbons (Fsp3) is 0.417. The minimum Gasteiger partial charge on any atom is -0.481 e. The van der Waals surface area contributed by atoms with Crippen molar-refractivity contribution in [2.75, 3.05) is 11.9 Å². The molecule has 1 rings (SSSR count). The van der Waals surface area contributed by atoms with E-state index in [9.17, 15) is 9.59 Å². The number of nitrogens with one attached hydrogen (secondary N) is 1. The molecular formula is C12H17N3O3. The Morgan fingerprint density at radius 2 is 2.17 bits per heavy atom. The van der Waals surface area contributed by atoms with E-state index in [1.54, 1.807) is 19.1 Å². The normalized spacial score (nSPS) is 13.7. The molecule has 0 fully saturated rings. The second-order valence-corrected chi connectivity index (χ2v) is 4.37. The van der Waals surface area contributed by atoms with Gasteiger partial charge in [-0.15, -0.1) is 0 Å². The highest BCUT2D eigenvalue weighted by atomic mass is 16.4. The largest absolute Gasteiger partial charge is 0.481 e. The molecule has 6 nitrogen and oxygen atoms in total. The molecule has 0 aliphatic carbocycles. The van der Waals surface area contributed by atoms with Gasteiger partial charge in [0.1, 0.15) is 5.82 Å². The number of carboxylic acid groups (broad SMARTS) is 1. The van der Waals surface area contributed by atoms with Crippen molar-refractivity contribution in [2.24, 2.45) is 11.1 Å². The lowest BCUT2D eigenvalue weighted by molar-refractivity contribution is -0.147. The average Bonchev–Trinajstić information content (AvgIpc) is 2.36. The molecule has 1 amide bonds. The van der Waals surface area contributed by atoms with E-state index in [0.717, 1.165) is 0 Å². The number of aliphatic carboxylic acids is 1. The molecule has 18 heavy (non-hydrogen) atoms. The number of primary amides is 1. The van der Waals surface area contributed by atoms with Crippen molar-refractivity contribution >= 4 is 17.7 Å². The maximum atomic E-state index is 11.1. The van der Waals surface area contributed by atoms with Crippen LogP contribution in [-0.4, -0.2) is 28.5 Å². The third-order valence-corrected chi connectivity index (χ3v) is 3.00. The summed E-state index contributed by atoms with van der Waals surface area (Å²) in [5.74, 6) is -0.884. The van der Waals surface area contributed by atoms with Crippen molar-refractivity contribution in [3.8, 4) is 0 Å². The van der Waals surface area contributed by atoms with Crippen LogP contribution in [0.5, 0.6) is 0 Å². The lowest BCUT2D eigenvalue weighted by atomic mass is 9.88. The lowest BCUT2D eigenvalue weighted by Crippen LogP contribution is -2.34. The quantitative estimate of drug-likeness (QED) is 0.702. The zero-order chi connectivity index (χ0) is 13.8. The molecule has 0 spiro atoms. The first-order valence-corrected chi connectivity index (χ1v) is 5.62. The summed E-state index contributed by atoms with van der Waals surface area (Å²) in [7, 11) is 0. The Balaban J connectivity index is 2.69. The Morgan fingerprint density at radius 3 is 2.56 bits per heavy atom.